The van der Waals surface area contributed by atoms with E-state index in [2.05, 4.69) is 4.90 Å². The van der Waals surface area contributed by atoms with Crippen LogP contribution in [-0.4, -0.2) is 23.4 Å². The molecular weight excluding hydrogens is 186 g/mol. The number of carbonyl (C=O) groups excluding carboxylic acids is 1. The molecule has 3 fully saturated rings. The lowest BCUT2D eigenvalue weighted by Crippen LogP contribution is -2.54. The zero-order valence-electron chi connectivity index (χ0n) is 9.45. The normalized spacial score (nSPS) is 40.9. The Morgan fingerprint density at radius 3 is 2.73 bits per heavy atom. The highest BCUT2D eigenvalue weighted by atomic mass is 16.2. The van der Waals surface area contributed by atoms with Gasteiger partial charge in [0, 0.05) is 18.5 Å². The molecule has 0 aromatic rings. The lowest BCUT2D eigenvalue weighted by Gasteiger charge is -2.47. The van der Waals surface area contributed by atoms with Gasteiger partial charge in [-0.05, 0) is 44.4 Å². The van der Waals surface area contributed by atoms with Gasteiger partial charge in [-0.1, -0.05) is 12.8 Å². The van der Waals surface area contributed by atoms with Gasteiger partial charge in [0.1, 0.15) is 0 Å². The molecule has 3 rings (SSSR count). The Morgan fingerprint density at radius 2 is 1.80 bits per heavy atom. The van der Waals surface area contributed by atoms with Crippen molar-refractivity contribution in [3.8, 4) is 0 Å². The third-order valence-corrected chi connectivity index (χ3v) is 4.71. The van der Waals surface area contributed by atoms with E-state index in [1.54, 1.807) is 0 Å². The maximum Gasteiger partial charge on any atom is 0.226 e. The Hall–Kier alpha value is -0.530. The Labute approximate surface area is 92.0 Å². The minimum absolute atomic E-state index is 0.410. The molecule has 2 nitrogen and oxygen atoms in total. The van der Waals surface area contributed by atoms with Crippen LogP contribution >= 0.6 is 0 Å². The number of fused-ring (bicyclic) bond motifs is 2. The fourth-order valence-corrected chi connectivity index (χ4v) is 3.91. The van der Waals surface area contributed by atoms with Gasteiger partial charge < -0.3 is 4.90 Å². The summed E-state index contributed by atoms with van der Waals surface area (Å²) in [6.45, 7) is 1.05. The summed E-state index contributed by atoms with van der Waals surface area (Å²) in [5.41, 5.74) is 0. The summed E-state index contributed by atoms with van der Waals surface area (Å²) < 4.78 is 0. The summed E-state index contributed by atoms with van der Waals surface area (Å²) >= 11 is 0. The molecule has 3 unspecified atom stereocenters. The van der Waals surface area contributed by atoms with Gasteiger partial charge in [0.05, 0.1) is 0 Å². The average molecular weight is 207 g/mol. The number of amides is 1. The first-order valence-corrected chi connectivity index (χ1v) is 6.67. The SMILES string of the molecule is O=C1C2CCCCC2CC2CCCCN12. The standard InChI is InChI=1S/C13H21NO/c15-13-12-7-2-1-5-10(12)9-11-6-3-4-8-14(11)13/h10-12H,1-9H2. The Kier molecular flexibility index (Phi) is 2.45. The molecule has 2 aliphatic heterocycles. The third kappa shape index (κ3) is 1.58. The number of piperidine rings is 2. The number of carbonyl (C=O) groups is 1. The van der Waals surface area contributed by atoms with E-state index in [-0.39, 0.29) is 0 Å². The average Bonchev–Trinajstić information content (AvgIpc) is 2.30. The topological polar surface area (TPSA) is 20.3 Å². The van der Waals surface area contributed by atoms with Gasteiger partial charge in [0.15, 0.2) is 0 Å². The monoisotopic (exact) mass is 207 g/mol. The third-order valence-electron chi connectivity index (χ3n) is 4.71. The van der Waals surface area contributed by atoms with Crippen LogP contribution < -0.4 is 0 Å². The van der Waals surface area contributed by atoms with Crippen LogP contribution in [0.15, 0.2) is 0 Å². The van der Waals surface area contributed by atoms with Gasteiger partial charge in [-0.15, -0.1) is 0 Å². The summed E-state index contributed by atoms with van der Waals surface area (Å²) in [6, 6.07) is 0.616. The van der Waals surface area contributed by atoms with E-state index >= 15 is 0 Å². The second-order valence-electron chi connectivity index (χ2n) is 5.57. The molecule has 0 radical (unpaired) electrons. The van der Waals surface area contributed by atoms with E-state index in [9.17, 15) is 4.79 Å². The Bertz CT molecular complexity index is 239. The lowest BCUT2D eigenvalue weighted by atomic mass is 9.71. The van der Waals surface area contributed by atoms with Crippen molar-refractivity contribution in [2.75, 3.05) is 6.54 Å². The first-order valence-electron chi connectivity index (χ1n) is 6.67. The van der Waals surface area contributed by atoms with E-state index in [0.29, 0.717) is 17.9 Å². The summed E-state index contributed by atoms with van der Waals surface area (Å²) in [4.78, 5) is 14.5. The van der Waals surface area contributed by atoms with E-state index in [0.717, 1.165) is 12.5 Å². The summed E-state index contributed by atoms with van der Waals surface area (Å²) in [6.07, 6.45) is 10.3. The molecule has 0 N–H and O–H groups in total. The van der Waals surface area contributed by atoms with Crippen molar-refractivity contribution in [1.82, 2.24) is 4.90 Å². The molecule has 2 heterocycles. The Balaban J connectivity index is 1.79. The number of hydrogen-bond donors (Lipinski definition) is 0. The van der Waals surface area contributed by atoms with Crippen molar-refractivity contribution in [3.63, 3.8) is 0 Å². The first-order chi connectivity index (χ1) is 7.36. The van der Waals surface area contributed by atoms with Crippen molar-refractivity contribution >= 4 is 5.91 Å². The van der Waals surface area contributed by atoms with Crippen LogP contribution in [0.25, 0.3) is 0 Å². The molecule has 0 spiro atoms. The van der Waals surface area contributed by atoms with E-state index in [4.69, 9.17) is 0 Å². The molecule has 15 heavy (non-hydrogen) atoms. The summed E-state index contributed by atoms with van der Waals surface area (Å²) in [5, 5.41) is 0. The molecule has 0 bridgehead atoms. The number of hydrogen-bond acceptors (Lipinski definition) is 1. The highest BCUT2D eigenvalue weighted by molar-refractivity contribution is 5.80. The molecule has 0 aromatic heterocycles. The molecule has 1 saturated carbocycles. The van der Waals surface area contributed by atoms with Crippen LogP contribution in [0.1, 0.15) is 51.4 Å². The van der Waals surface area contributed by atoms with Crippen LogP contribution in [0.4, 0.5) is 0 Å². The second-order valence-corrected chi connectivity index (χ2v) is 5.57. The molecule has 1 aliphatic carbocycles. The van der Waals surface area contributed by atoms with E-state index in [1.807, 2.05) is 0 Å². The maximum atomic E-state index is 12.3. The van der Waals surface area contributed by atoms with Crippen molar-refractivity contribution in [2.45, 2.75) is 57.4 Å². The predicted molar refractivity (Wildman–Crippen MR) is 59.4 cm³/mol. The molecule has 2 saturated heterocycles. The Morgan fingerprint density at radius 1 is 1.00 bits per heavy atom. The van der Waals surface area contributed by atoms with Crippen LogP contribution in [0.3, 0.4) is 0 Å². The van der Waals surface area contributed by atoms with Crippen LogP contribution in [-0.2, 0) is 4.79 Å². The number of nitrogens with zero attached hydrogens (tertiary/aromatic N) is 1. The van der Waals surface area contributed by atoms with Crippen LogP contribution in [0.5, 0.6) is 0 Å². The molecular formula is C13H21NO. The fraction of sp³-hybridized carbons (Fsp3) is 0.923. The van der Waals surface area contributed by atoms with E-state index < -0.39 is 0 Å². The zero-order valence-corrected chi connectivity index (χ0v) is 9.45. The highest BCUT2D eigenvalue weighted by Gasteiger charge is 2.42. The predicted octanol–water partition coefficient (Wildman–Crippen LogP) is 2.58. The minimum atomic E-state index is 0.410. The zero-order chi connectivity index (χ0) is 10.3. The van der Waals surface area contributed by atoms with Gasteiger partial charge >= 0.3 is 0 Å². The molecule has 0 aromatic carbocycles. The minimum Gasteiger partial charge on any atom is -0.339 e. The van der Waals surface area contributed by atoms with Crippen LogP contribution in [0.2, 0.25) is 0 Å². The van der Waals surface area contributed by atoms with Crippen molar-refractivity contribution in [2.24, 2.45) is 11.8 Å². The smallest absolute Gasteiger partial charge is 0.226 e. The molecule has 1 amide bonds. The second kappa shape index (κ2) is 3.80. The first kappa shape index (κ1) is 9.68. The largest absolute Gasteiger partial charge is 0.339 e. The van der Waals surface area contributed by atoms with Crippen molar-refractivity contribution in [1.29, 1.82) is 0 Å². The van der Waals surface area contributed by atoms with Gasteiger partial charge in [-0.3, -0.25) is 4.79 Å². The van der Waals surface area contributed by atoms with Gasteiger partial charge in [0.2, 0.25) is 5.91 Å². The fourth-order valence-electron chi connectivity index (χ4n) is 3.91. The van der Waals surface area contributed by atoms with Gasteiger partial charge in [0.25, 0.3) is 0 Å². The molecule has 3 atom stereocenters. The van der Waals surface area contributed by atoms with Gasteiger partial charge in [-0.25, -0.2) is 0 Å². The van der Waals surface area contributed by atoms with Crippen molar-refractivity contribution < 1.29 is 4.79 Å². The maximum absolute atomic E-state index is 12.3. The summed E-state index contributed by atoms with van der Waals surface area (Å²) in [5.74, 6) is 1.66. The molecule has 84 valence electrons. The molecule has 2 heteroatoms. The highest BCUT2D eigenvalue weighted by Crippen LogP contribution is 2.41. The van der Waals surface area contributed by atoms with Crippen molar-refractivity contribution in [3.05, 3.63) is 0 Å². The quantitative estimate of drug-likeness (QED) is 0.598. The number of rotatable bonds is 0. The van der Waals surface area contributed by atoms with E-state index in [1.165, 1.54) is 51.4 Å². The summed E-state index contributed by atoms with van der Waals surface area (Å²) in [7, 11) is 0. The molecule has 3 aliphatic rings. The van der Waals surface area contributed by atoms with Crippen LogP contribution in [0, 0.1) is 11.8 Å². The van der Waals surface area contributed by atoms with Gasteiger partial charge in [-0.2, -0.15) is 0 Å². The lowest BCUT2D eigenvalue weighted by molar-refractivity contribution is -0.148.